The maximum atomic E-state index is 13.6. The lowest BCUT2D eigenvalue weighted by Gasteiger charge is -2.40. The van der Waals surface area contributed by atoms with Crippen LogP contribution in [0.1, 0.15) is 31.2 Å². The average molecular weight is 525 g/mol. The second-order valence-electron chi connectivity index (χ2n) is 10.9. The molecule has 3 saturated heterocycles. The van der Waals surface area contributed by atoms with Crippen LogP contribution in [0, 0.1) is 11.8 Å². The molecule has 0 unspecified atom stereocenters. The number of piperazine rings is 1. The van der Waals surface area contributed by atoms with Crippen LogP contribution < -0.4 is 4.74 Å². The maximum Gasteiger partial charge on any atom is 0.236 e. The maximum absolute atomic E-state index is 13.6. The minimum absolute atomic E-state index is 0.101. The summed E-state index contributed by atoms with van der Waals surface area (Å²) < 4.78 is 11.8. The first-order chi connectivity index (χ1) is 18.6. The molecular weight excluding hydrogens is 484 g/mol. The fourth-order valence-corrected chi connectivity index (χ4v) is 6.16. The van der Waals surface area contributed by atoms with Crippen molar-refractivity contribution >= 4 is 18.2 Å². The molecule has 1 aromatic carbocycles. The Bertz CT molecular complexity index is 1000. The van der Waals surface area contributed by atoms with Crippen molar-refractivity contribution in [3.63, 3.8) is 0 Å². The zero-order valence-corrected chi connectivity index (χ0v) is 22.2. The van der Waals surface area contributed by atoms with Crippen LogP contribution in [-0.2, 0) is 25.7 Å². The number of fused-ring (bicyclic) bond motifs is 3. The molecule has 4 aliphatic rings. The minimum Gasteiger partial charge on any atom is -0.489 e. The van der Waals surface area contributed by atoms with E-state index in [0.29, 0.717) is 71.4 Å². The van der Waals surface area contributed by atoms with Gasteiger partial charge in [-0.15, -0.1) is 0 Å². The molecule has 206 valence electrons. The van der Waals surface area contributed by atoms with Gasteiger partial charge in [0.25, 0.3) is 0 Å². The van der Waals surface area contributed by atoms with E-state index in [4.69, 9.17) is 9.47 Å². The third-order valence-electron chi connectivity index (χ3n) is 8.52. The second-order valence-corrected chi connectivity index (χ2v) is 10.9. The Labute approximate surface area is 225 Å². The van der Waals surface area contributed by atoms with E-state index < -0.39 is 0 Å². The van der Waals surface area contributed by atoms with Crippen LogP contribution in [0.4, 0.5) is 0 Å². The lowest BCUT2D eigenvalue weighted by molar-refractivity contribution is -0.138. The fraction of sp³-hybridized carbons (Fsp3) is 0.621. The third-order valence-corrected chi connectivity index (χ3v) is 8.52. The lowest BCUT2D eigenvalue weighted by atomic mass is 9.82. The van der Waals surface area contributed by atoms with E-state index in [0.717, 1.165) is 50.2 Å². The SMILES string of the molecule is O=CN1CCN(C(=O)C[C@@H]2CCN3C[C@@H]2/C=C\COc2ccccc2CN(C2CCOCC2)CC3=O)CC1. The van der Waals surface area contributed by atoms with E-state index in [9.17, 15) is 14.4 Å². The van der Waals surface area contributed by atoms with Crippen LogP contribution in [0.25, 0.3) is 0 Å². The molecule has 2 bridgehead atoms. The van der Waals surface area contributed by atoms with E-state index in [1.165, 1.54) is 0 Å². The van der Waals surface area contributed by atoms with Gasteiger partial charge in [0, 0.05) is 77.1 Å². The second kappa shape index (κ2) is 12.8. The van der Waals surface area contributed by atoms with Crippen LogP contribution in [0.15, 0.2) is 36.4 Å². The van der Waals surface area contributed by atoms with Crippen LogP contribution in [0.3, 0.4) is 0 Å². The van der Waals surface area contributed by atoms with Gasteiger partial charge < -0.3 is 24.2 Å². The predicted octanol–water partition coefficient (Wildman–Crippen LogP) is 1.77. The van der Waals surface area contributed by atoms with Crippen molar-refractivity contribution in [2.75, 3.05) is 65.6 Å². The van der Waals surface area contributed by atoms with Gasteiger partial charge in [0.05, 0.1) is 6.54 Å². The van der Waals surface area contributed by atoms with Gasteiger partial charge in [-0.3, -0.25) is 19.3 Å². The molecular formula is C29H40N4O5. The van der Waals surface area contributed by atoms with Crippen molar-refractivity contribution in [2.24, 2.45) is 11.8 Å². The number of ether oxygens (including phenoxy) is 2. The summed E-state index contributed by atoms with van der Waals surface area (Å²) in [4.78, 5) is 45.7. The highest BCUT2D eigenvalue weighted by atomic mass is 16.5. The van der Waals surface area contributed by atoms with Crippen molar-refractivity contribution in [2.45, 2.75) is 38.3 Å². The molecule has 5 rings (SSSR count). The average Bonchev–Trinajstić information content (AvgIpc) is 2.97. The Hall–Kier alpha value is -2.91. The molecule has 38 heavy (non-hydrogen) atoms. The molecule has 0 aromatic heterocycles. The number of rotatable bonds is 4. The number of piperidine rings is 1. The number of para-hydroxylation sites is 1. The predicted molar refractivity (Wildman–Crippen MR) is 142 cm³/mol. The van der Waals surface area contributed by atoms with E-state index in [2.05, 4.69) is 17.0 Å². The van der Waals surface area contributed by atoms with Gasteiger partial charge in [0.1, 0.15) is 12.4 Å². The molecule has 3 fully saturated rings. The Morgan fingerprint density at radius 3 is 2.58 bits per heavy atom. The normalized spacial score (nSPS) is 26.8. The van der Waals surface area contributed by atoms with Crippen molar-refractivity contribution in [3.8, 4) is 5.75 Å². The molecule has 0 aliphatic carbocycles. The third kappa shape index (κ3) is 6.56. The molecule has 0 radical (unpaired) electrons. The smallest absolute Gasteiger partial charge is 0.236 e. The zero-order chi connectivity index (χ0) is 26.3. The van der Waals surface area contributed by atoms with E-state index in [1.807, 2.05) is 34.1 Å². The van der Waals surface area contributed by atoms with Gasteiger partial charge in [-0.05, 0) is 37.2 Å². The van der Waals surface area contributed by atoms with Crippen molar-refractivity contribution in [1.82, 2.24) is 19.6 Å². The van der Waals surface area contributed by atoms with Gasteiger partial charge in [0.15, 0.2) is 0 Å². The number of amides is 3. The Morgan fingerprint density at radius 1 is 1.00 bits per heavy atom. The summed E-state index contributed by atoms with van der Waals surface area (Å²) in [5, 5.41) is 0. The molecule has 9 nitrogen and oxygen atoms in total. The number of hydrogen-bond donors (Lipinski definition) is 0. The summed E-state index contributed by atoms with van der Waals surface area (Å²) in [6.45, 7) is 6.61. The summed E-state index contributed by atoms with van der Waals surface area (Å²) >= 11 is 0. The largest absolute Gasteiger partial charge is 0.489 e. The highest BCUT2D eigenvalue weighted by molar-refractivity contribution is 5.79. The number of hydrogen-bond acceptors (Lipinski definition) is 6. The molecule has 0 spiro atoms. The summed E-state index contributed by atoms with van der Waals surface area (Å²) in [6.07, 6.45) is 8.17. The van der Waals surface area contributed by atoms with Gasteiger partial charge in [0.2, 0.25) is 18.2 Å². The summed E-state index contributed by atoms with van der Waals surface area (Å²) in [5.41, 5.74) is 1.09. The van der Waals surface area contributed by atoms with E-state index >= 15 is 0 Å². The van der Waals surface area contributed by atoms with Crippen LogP contribution in [0.2, 0.25) is 0 Å². The van der Waals surface area contributed by atoms with E-state index in [-0.39, 0.29) is 23.7 Å². The van der Waals surface area contributed by atoms with Gasteiger partial charge >= 0.3 is 0 Å². The topological polar surface area (TPSA) is 82.6 Å². The van der Waals surface area contributed by atoms with Crippen LogP contribution >= 0.6 is 0 Å². The first kappa shape index (κ1) is 26.7. The molecule has 3 amide bonds. The highest BCUT2D eigenvalue weighted by Crippen LogP contribution is 2.30. The van der Waals surface area contributed by atoms with Crippen molar-refractivity contribution in [3.05, 3.63) is 42.0 Å². The zero-order valence-electron chi connectivity index (χ0n) is 22.2. The first-order valence-corrected chi connectivity index (χ1v) is 14.0. The molecule has 4 heterocycles. The molecule has 2 atom stereocenters. The fourth-order valence-electron chi connectivity index (χ4n) is 6.16. The minimum atomic E-state index is 0.101. The summed E-state index contributed by atoms with van der Waals surface area (Å²) in [5.74, 6) is 1.43. The number of carbonyl (C=O) groups is 3. The number of benzene rings is 1. The van der Waals surface area contributed by atoms with Crippen molar-refractivity contribution in [1.29, 1.82) is 0 Å². The monoisotopic (exact) mass is 524 g/mol. The van der Waals surface area contributed by atoms with Gasteiger partial charge in [-0.25, -0.2) is 0 Å². The Morgan fingerprint density at radius 2 is 1.79 bits per heavy atom. The molecule has 0 N–H and O–H groups in total. The Kier molecular flexibility index (Phi) is 8.96. The first-order valence-electron chi connectivity index (χ1n) is 14.0. The number of carbonyl (C=O) groups excluding carboxylic acids is 3. The molecule has 1 aromatic rings. The standard InChI is InChI=1S/C29H40N4O5/c34-22-30-11-13-31(14-12-30)28(35)18-23-7-10-32-19-24(23)5-3-15-38-27-6-2-1-4-25(27)20-33(21-29(32)36)26-8-16-37-17-9-26/h1-6,22-24,26H,7-21H2/b5-3-/t23-,24-/m0/s1. The summed E-state index contributed by atoms with van der Waals surface area (Å²) in [7, 11) is 0. The lowest BCUT2D eigenvalue weighted by Crippen LogP contribution is -2.51. The van der Waals surface area contributed by atoms with E-state index in [1.54, 1.807) is 4.90 Å². The van der Waals surface area contributed by atoms with Gasteiger partial charge in [-0.2, -0.15) is 0 Å². The molecule has 0 saturated carbocycles. The molecule has 4 aliphatic heterocycles. The van der Waals surface area contributed by atoms with Crippen LogP contribution in [-0.4, -0.2) is 109 Å². The Balaban J connectivity index is 1.31. The van der Waals surface area contributed by atoms with Crippen molar-refractivity contribution < 1.29 is 23.9 Å². The number of nitrogens with zero attached hydrogens (tertiary/aromatic N) is 4. The summed E-state index contributed by atoms with van der Waals surface area (Å²) in [6, 6.07) is 8.40. The quantitative estimate of drug-likeness (QED) is 0.441. The molecule has 9 heteroatoms. The highest BCUT2D eigenvalue weighted by Gasteiger charge is 2.34. The van der Waals surface area contributed by atoms with Crippen LogP contribution in [0.5, 0.6) is 5.75 Å². The van der Waals surface area contributed by atoms with Gasteiger partial charge in [-0.1, -0.05) is 30.4 Å².